The highest BCUT2D eigenvalue weighted by molar-refractivity contribution is 5.40. The molecule has 5 aliphatic rings. The molecule has 5 rings (SSSR count). The van der Waals surface area contributed by atoms with E-state index < -0.39 is 21.7 Å². The van der Waals surface area contributed by atoms with Gasteiger partial charge in [0.05, 0.1) is 31.0 Å². The highest BCUT2D eigenvalue weighted by atomic mass is 16.6. The predicted octanol–water partition coefficient (Wildman–Crippen LogP) is 6.20. The van der Waals surface area contributed by atoms with Gasteiger partial charge in [-0.2, -0.15) is 0 Å². The smallest absolute Gasteiger partial charge is 0.117 e. The maximum absolute atomic E-state index is 6.68. The van der Waals surface area contributed by atoms with Gasteiger partial charge in [0.15, 0.2) is 0 Å². The highest BCUT2D eigenvalue weighted by Gasteiger charge is 2.49. The SMILES string of the molecule is C/C=C\C(C)(/C=C(/OCC1CO1)C(C)(C)C1(C)C=CC=CC(OCC2CO2)=C1)C1(C)C=CC=C1OCC1CO1. The van der Waals surface area contributed by atoms with Gasteiger partial charge in [-0.15, -0.1) is 0 Å². The number of ether oxygens (including phenoxy) is 6. The summed E-state index contributed by atoms with van der Waals surface area (Å²) in [4.78, 5) is 0. The van der Waals surface area contributed by atoms with Crippen LogP contribution in [0.4, 0.5) is 0 Å². The first-order chi connectivity index (χ1) is 18.6. The Hall–Kier alpha value is -2.54. The van der Waals surface area contributed by atoms with Crippen LogP contribution in [0.15, 0.2) is 84.1 Å². The lowest BCUT2D eigenvalue weighted by Crippen LogP contribution is -2.39. The minimum Gasteiger partial charge on any atom is -0.495 e. The van der Waals surface area contributed by atoms with Gasteiger partial charge in [0, 0.05) is 16.2 Å². The molecule has 3 heterocycles. The van der Waals surface area contributed by atoms with Crippen molar-refractivity contribution in [3.8, 4) is 0 Å². The molecule has 0 N–H and O–H groups in total. The Kier molecular flexibility index (Phi) is 7.75. The van der Waals surface area contributed by atoms with Crippen molar-refractivity contribution in [1.29, 1.82) is 0 Å². The third-order valence-electron chi connectivity index (χ3n) is 8.96. The number of allylic oxidation sites excluding steroid dienone is 12. The minimum atomic E-state index is -0.433. The second-order valence-corrected chi connectivity index (χ2v) is 12.4. The molecular weight excluding hydrogens is 492 g/mol. The van der Waals surface area contributed by atoms with Crippen molar-refractivity contribution in [3.63, 3.8) is 0 Å². The van der Waals surface area contributed by atoms with Crippen LogP contribution in [-0.4, -0.2) is 58.0 Å². The Balaban J connectivity index is 1.50. The molecule has 6 unspecified atom stereocenters. The molecule has 6 heteroatoms. The van der Waals surface area contributed by atoms with E-state index in [9.17, 15) is 0 Å². The Bertz CT molecular complexity index is 1130. The van der Waals surface area contributed by atoms with Gasteiger partial charge < -0.3 is 28.4 Å². The van der Waals surface area contributed by atoms with Crippen LogP contribution in [0.3, 0.4) is 0 Å². The molecule has 39 heavy (non-hydrogen) atoms. The van der Waals surface area contributed by atoms with Gasteiger partial charge >= 0.3 is 0 Å². The number of epoxide rings is 3. The van der Waals surface area contributed by atoms with Crippen molar-refractivity contribution < 1.29 is 28.4 Å². The van der Waals surface area contributed by atoms with Crippen LogP contribution in [-0.2, 0) is 28.4 Å². The van der Waals surface area contributed by atoms with E-state index in [0.717, 1.165) is 37.1 Å². The maximum Gasteiger partial charge on any atom is 0.117 e. The summed E-state index contributed by atoms with van der Waals surface area (Å²) in [5, 5.41) is 0. The molecule has 0 aromatic carbocycles. The summed E-state index contributed by atoms with van der Waals surface area (Å²) in [5.41, 5.74) is -1.65. The Morgan fingerprint density at radius 2 is 1.56 bits per heavy atom. The van der Waals surface area contributed by atoms with E-state index in [0.29, 0.717) is 19.8 Å². The quantitative estimate of drug-likeness (QED) is 0.150. The van der Waals surface area contributed by atoms with Crippen molar-refractivity contribution in [2.24, 2.45) is 21.7 Å². The highest BCUT2D eigenvalue weighted by Crippen LogP contribution is 2.55. The molecule has 3 aliphatic heterocycles. The zero-order valence-electron chi connectivity index (χ0n) is 24.3. The van der Waals surface area contributed by atoms with E-state index in [4.69, 9.17) is 28.4 Å². The molecule has 2 aliphatic carbocycles. The standard InChI is InChI=1S/C33H44O6/c1-7-13-32(5,33(6)15-10-12-28(33)38-22-26-20-36-26)17-29(39-23-27-21-37-27)30(2,3)31(4)14-9-8-11-24(16-31)34-18-25-19-35-25/h7-17,25-27H,18-23H2,1-6H3/b13-7-,29-17+. The fourth-order valence-corrected chi connectivity index (χ4v) is 5.21. The molecule has 6 nitrogen and oxygen atoms in total. The fraction of sp³-hybridized carbons (Fsp3) is 0.576. The maximum atomic E-state index is 6.68. The summed E-state index contributed by atoms with van der Waals surface area (Å²) >= 11 is 0. The second kappa shape index (κ2) is 10.8. The summed E-state index contributed by atoms with van der Waals surface area (Å²) in [6.07, 6.45) is 24.3. The predicted molar refractivity (Wildman–Crippen MR) is 152 cm³/mol. The summed E-state index contributed by atoms with van der Waals surface area (Å²) in [6, 6.07) is 0. The van der Waals surface area contributed by atoms with Crippen molar-refractivity contribution in [2.45, 2.75) is 59.9 Å². The number of hydrogen-bond donors (Lipinski definition) is 0. The van der Waals surface area contributed by atoms with E-state index in [1.54, 1.807) is 0 Å². The van der Waals surface area contributed by atoms with Crippen molar-refractivity contribution in [2.75, 3.05) is 39.6 Å². The molecular formula is C33H44O6. The first-order valence-corrected chi connectivity index (χ1v) is 14.2. The van der Waals surface area contributed by atoms with Crippen LogP contribution in [0.1, 0.15) is 41.5 Å². The topological polar surface area (TPSA) is 65.3 Å². The van der Waals surface area contributed by atoms with E-state index in [1.807, 2.05) is 12.2 Å². The number of hydrogen-bond acceptors (Lipinski definition) is 6. The first kappa shape index (κ1) is 28.0. The van der Waals surface area contributed by atoms with E-state index in [1.165, 1.54) is 0 Å². The van der Waals surface area contributed by atoms with Gasteiger partial charge in [-0.3, -0.25) is 0 Å². The van der Waals surface area contributed by atoms with E-state index >= 15 is 0 Å². The monoisotopic (exact) mass is 536 g/mol. The van der Waals surface area contributed by atoms with E-state index in [-0.39, 0.29) is 18.3 Å². The molecule has 0 aromatic rings. The lowest BCUT2D eigenvalue weighted by Gasteiger charge is -2.45. The van der Waals surface area contributed by atoms with Gasteiger partial charge in [0.1, 0.15) is 49.7 Å². The lowest BCUT2D eigenvalue weighted by atomic mass is 9.60. The molecule has 3 fully saturated rings. The molecule has 0 amide bonds. The van der Waals surface area contributed by atoms with Gasteiger partial charge in [0.25, 0.3) is 0 Å². The first-order valence-electron chi connectivity index (χ1n) is 14.2. The third kappa shape index (κ3) is 6.13. The molecule has 3 saturated heterocycles. The summed E-state index contributed by atoms with van der Waals surface area (Å²) < 4.78 is 35.4. The van der Waals surface area contributed by atoms with Gasteiger partial charge in [-0.1, -0.05) is 70.2 Å². The molecule has 0 aromatic heterocycles. The largest absolute Gasteiger partial charge is 0.495 e. The average molecular weight is 537 g/mol. The Morgan fingerprint density at radius 3 is 2.21 bits per heavy atom. The van der Waals surface area contributed by atoms with Crippen LogP contribution in [0.2, 0.25) is 0 Å². The molecule has 0 saturated carbocycles. The summed E-state index contributed by atoms with van der Waals surface area (Å²) in [7, 11) is 0. The normalized spacial score (nSPS) is 34.8. The van der Waals surface area contributed by atoms with Gasteiger partial charge in [0.2, 0.25) is 0 Å². The van der Waals surface area contributed by atoms with Crippen LogP contribution < -0.4 is 0 Å². The third-order valence-corrected chi connectivity index (χ3v) is 8.96. The van der Waals surface area contributed by atoms with E-state index in [2.05, 4.69) is 96.2 Å². The summed E-state index contributed by atoms with van der Waals surface area (Å²) in [5.74, 6) is 2.71. The Labute approximate surface area is 233 Å². The molecule has 6 atom stereocenters. The molecule has 0 spiro atoms. The zero-order valence-corrected chi connectivity index (χ0v) is 24.3. The van der Waals surface area contributed by atoms with Gasteiger partial charge in [-0.05, 0) is 38.2 Å². The fourth-order valence-electron chi connectivity index (χ4n) is 5.21. The van der Waals surface area contributed by atoms with Crippen molar-refractivity contribution >= 4 is 0 Å². The summed E-state index contributed by atoms with van der Waals surface area (Å²) in [6.45, 7) is 17.3. The van der Waals surface area contributed by atoms with Crippen LogP contribution in [0.5, 0.6) is 0 Å². The van der Waals surface area contributed by atoms with Crippen LogP contribution in [0.25, 0.3) is 0 Å². The zero-order chi connectivity index (χ0) is 27.7. The van der Waals surface area contributed by atoms with Crippen molar-refractivity contribution in [3.05, 3.63) is 84.1 Å². The Morgan fingerprint density at radius 1 is 0.923 bits per heavy atom. The molecule has 0 bridgehead atoms. The number of rotatable bonds is 14. The minimum absolute atomic E-state index is 0.142. The van der Waals surface area contributed by atoms with Crippen molar-refractivity contribution in [1.82, 2.24) is 0 Å². The second-order valence-electron chi connectivity index (χ2n) is 12.4. The average Bonchev–Trinajstić information content (AvgIpc) is 3.73. The molecule has 0 radical (unpaired) electrons. The molecule has 212 valence electrons. The van der Waals surface area contributed by atoms with Gasteiger partial charge in [-0.25, -0.2) is 0 Å². The lowest BCUT2D eigenvalue weighted by molar-refractivity contribution is 0.0729. The van der Waals surface area contributed by atoms with Crippen LogP contribution >= 0.6 is 0 Å². The van der Waals surface area contributed by atoms with Crippen LogP contribution in [0, 0.1) is 21.7 Å².